The molecule has 3 aromatic heterocycles. The van der Waals surface area contributed by atoms with E-state index in [9.17, 15) is 4.57 Å². The number of ether oxygens (including phenoxy) is 1. The van der Waals surface area contributed by atoms with Gasteiger partial charge in [-0.1, -0.05) is 20.8 Å². The molecule has 5 aromatic rings. The summed E-state index contributed by atoms with van der Waals surface area (Å²) >= 11 is 3.51. The lowest BCUT2D eigenvalue weighted by Gasteiger charge is -2.26. The van der Waals surface area contributed by atoms with Gasteiger partial charge in [-0.2, -0.15) is 10.1 Å². The Bertz CT molecular complexity index is 1870. The summed E-state index contributed by atoms with van der Waals surface area (Å²) in [6.07, 6.45) is 8.28. The van der Waals surface area contributed by atoms with Crippen LogP contribution in [0.2, 0.25) is 0 Å². The van der Waals surface area contributed by atoms with E-state index >= 15 is 4.39 Å². The van der Waals surface area contributed by atoms with E-state index in [1.54, 1.807) is 48.9 Å². The van der Waals surface area contributed by atoms with Crippen molar-refractivity contribution in [2.45, 2.75) is 26.2 Å². The van der Waals surface area contributed by atoms with Crippen LogP contribution in [0.4, 0.5) is 27.5 Å². The molecule has 0 unspecified atom stereocenters. The van der Waals surface area contributed by atoms with Crippen LogP contribution in [0, 0.1) is 5.82 Å². The van der Waals surface area contributed by atoms with Crippen molar-refractivity contribution in [2.24, 2.45) is 7.05 Å². The van der Waals surface area contributed by atoms with E-state index in [0.717, 1.165) is 5.56 Å². The minimum atomic E-state index is -2.79. The molecule has 2 aromatic carbocycles. The molecule has 0 aliphatic heterocycles. The van der Waals surface area contributed by atoms with Crippen LogP contribution in [0.25, 0.3) is 22.2 Å². The Labute approximate surface area is 251 Å². The van der Waals surface area contributed by atoms with Gasteiger partial charge >= 0.3 is 0 Å². The largest absolute Gasteiger partial charge is 0.492 e. The molecule has 0 radical (unpaired) electrons. The Hall–Kier alpha value is -3.89. The maximum atomic E-state index is 16.1. The van der Waals surface area contributed by atoms with E-state index < -0.39 is 18.4 Å². The van der Waals surface area contributed by atoms with Gasteiger partial charge in [0.15, 0.2) is 11.6 Å². The molecule has 0 aliphatic carbocycles. The highest BCUT2D eigenvalue weighted by Crippen LogP contribution is 2.44. The summed E-state index contributed by atoms with van der Waals surface area (Å²) in [5.41, 5.74) is 3.56. The van der Waals surface area contributed by atoms with E-state index in [1.807, 2.05) is 46.1 Å². The summed E-state index contributed by atoms with van der Waals surface area (Å²) in [6.45, 7) is 9.22. The van der Waals surface area contributed by atoms with Gasteiger partial charge in [0.05, 0.1) is 40.0 Å². The summed E-state index contributed by atoms with van der Waals surface area (Å²) < 4.78 is 37.3. The quantitative estimate of drug-likeness (QED) is 0.184. The van der Waals surface area contributed by atoms with E-state index in [2.05, 4.69) is 51.6 Å². The summed E-state index contributed by atoms with van der Waals surface area (Å²) in [4.78, 5) is 17.8. The molecule has 0 amide bonds. The number of rotatable bonds is 7. The van der Waals surface area contributed by atoms with Gasteiger partial charge in [-0.15, -0.1) is 0 Å². The second kappa shape index (κ2) is 11.1. The molecule has 0 aliphatic rings. The van der Waals surface area contributed by atoms with Crippen molar-refractivity contribution in [1.82, 2.24) is 29.7 Å². The van der Waals surface area contributed by atoms with Crippen molar-refractivity contribution in [3.63, 3.8) is 0 Å². The first-order chi connectivity index (χ1) is 19.8. The van der Waals surface area contributed by atoms with Crippen LogP contribution >= 0.6 is 23.1 Å². The predicted octanol–water partition coefficient (Wildman–Crippen LogP) is 6.76. The number of aryl methyl sites for hydroxylation is 1. The molecule has 0 saturated heterocycles. The normalized spacial score (nSPS) is 12.0. The lowest BCUT2D eigenvalue weighted by atomic mass is 9.81. The molecule has 0 bridgehead atoms. The zero-order valence-electron chi connectivity index (χ0n) is 24.3. The van der Waals surface area contributed by atoms with E-state index in [1.165, 1.54) is 7.11 Å². The Morgan fingerprint density at radius 1 is 1.05 bits per heavy atom. The SMILES string of the molecule is COc1c(Nc2ncc(Br)c(Nc3ccc4nccnc4c3P(C)(C)=O)n2)cc(-c2cnn(C)c2)c(C(C)(C)C)c1F. The van der Waals surface area contributed by atoms with E-state index in [-0.39, 0.29) is 11.7 Å². The van der Waals surface area contributed by atoms with Crippen LogP contribution in [0.5, 0.6) is 5.75 Å². The standard InChI is InChI=1S/C29H31BrFN8O2P/c1-29(2,3)22-17(16-13-35-39(4)15-16)12-21(25(41-5)23(22)31)37-28-34-14-18(30)27(38-28)36-20-9-8-19-24(33-11-10-32-19)26(20)42(6,7)40/h8-15H,1-7H3,(H2,34,36,37,38). The second-order valence-corrected chi connectivity index (χ2v) is 15.2. The monoisotopic (exact) mass is 652 g/mol. The second-order valence-electron chi connectivity index (χ2n) is 11.2. The molecule has 218 valence electrons. The van der Waals surface area contributed by atoms with Gasteiger partial charge in [-0.25, -0.2) is 9.37 Å². The molecular weight excluding hydrogens is 622 g/mol. The molecule has 3 heterocycles. The topological polar surface area (TPSA) is 120 Å². The maximum absolute atomic E-state index is 16.1. The van der Waals surface area contributed by atoms with Gasteiger partial charge in [-0.3, -0.25) is 14.6 Å². The molecular formula is C29H31BrFN8O2P. The summed E-state index contributed by atoms with van der Waals surface area (Å²) in [5.74, 6) is 0.163. The molecule has 0 saturated carbocycles. The van der Waals surface area contributed by atoms with Gasteiger partial charge in [0.1, 0.15) is 18.5 Å². The predicted molar refractivity (Wildman–Crippen MR) is 169 cm³/mol. The summed E-state index contributed by atoms with van der Waals surface area (Å²) in [7, 11) is 0.444. The molecule has 0 spiro atoms. The molecule has 42 heavy (non-hydrogen) atoms. The number of methoxy groups -OCH3 is 1. The number of anilines is 4. The number of hydrogen-bond acceptors (Lipinski definition) is 9. The fourth-order valence-corrected chi connectivity index (χ4v) is 6.56. The number of hydrogen-bond donors (Lipinski definition) is 2. The van der Waals surface area contributed by atoms with Gasteiger partial charge < -0.3 is 19.9 Å². The molecule has 13 heteroatoms. The third-order valence-corrected chi connectivity index (χ3v) is 8.70. The Kier molecular flexibility index (Phi) is 7.80. The fraction of sp³-hybridized carbons (Fsp3) is 0.276. The number of aromatic nitrogens is 6. The van der Waals surface area contributed by atoms with Gasteiger partial charge in [0.2, 0.25) is 5.95 Å². The van der Waals surface area contributed by atoms with Crippen LogP contribution in [0.15, 0.2) is 53.7 Å². The first kappa shape index (κ1) is 29.6. The van der Waals surface area contributed by atoms with Gasteiger partial charge in [-0.05, 0) is 58.4 Å². The van der Waals surface area contributed by atoms with Crippen LogP contribution in [-0.4, -0.2) is 50.2 Å². The average molecular weight is 653 g/mol. The van der Waals surface area contributed by atoms with Gasteiger partial charge in [0, 0.05) is 43.0 Å². The highest BCUT2D eigenvalue weighted by molar-refractivity contribution is 9.10. The average Bonchev–Trinajstić information content (AvgIpc) is 3.35. The summed E-state index contributed by atoms with van der Waals surface area (Å²) in [5, 5.41) is 11.3. The number of fused-ring (bicyclic) bond motifs is 1. The first-order valence-corrected chi connectivity index (χ1v) is 16.4. The number of halogens is 2. The van der Waals surface area contributed by atoms with Crippen LogP contribution in [0.3, 0.4) is 0 Å². The molecule has 2 N–H and O–H groups in total. The smallest absolute Gasteiger partial charge is 0.229 e. The lowest BCUT2D eigenvalue weighted by molar-refractivity contribution is 0.381. The van der Waals surface area contributed by atoms with Crippen molar-refractivity contribution in [3.05, 3.63) is 65.0 Å². The number of benzene rings is 2. The van der Waals surface area contributed by atoms with Crippen molar-refractivity contribution >= 4 is 62.6 Å². The molecule has 5 rings (SSSR count). The van der Waals surface area contributed by atoms with Gasteiger partial charge in [0.25, 0.3) is 0 Å². The van der Waals surface area contributed by atoms with Crippen molar-refractivity contribution in [2.75, 3.05) is 31.1 Å². The summed E-state index contributed by atoms with van der Waals surface area (Å²) in [6, 6.07) is 5.43. The van der Waals surface area contributed by atoms with E-state index in [4.69, 9.17) is 4.74 Å². The van der Waals surface area contributed by atoms with Crippen molar-refractivity contribution < 1.29 is 13.7 Å². The number of nitrogens with zero attached hydrogens (tertiary/aromatic N) is 6. The molecule has 0 fully saturated rings. The van der Waals surface area contributed by atoms with Crippen LogP contribution < -0.4 is 20.7 Å². The minimum Gasteiger partial charge on any atom is -0.492 e. The Balaban J connectivity index is 1.59. The van der Waals surface area contributed by atoms with Crippen molar-refractivity contribution in [3.8, 4) is 16.9 Å². The zero-order chi connectivity index (χ0) is 30.4. The fourth-order valence-electron chi connectivity index (χ4n) is 4.88. The minimum absolute atomic E-state index is 0.0434. The van der Waals surface area contributed by atoms with Crippen LogP contribution in [0.1, 0.15) is 26.3 Å². The third-order valence-electron chi connectivity index (χ3n) is 6.59. The Morgan fingerprint density at radius 3 is 2.43 bits per heavy atom. The number of nitrogens with one attached hydrogen (secondary N) is 2. The Morgan fingerprint density at radius 2 is 1.79 bits per heavy atom. The molecule has 0 atom stereocenters. The van der Waals surface area contributed by atoms with Crippen molar-refractivity contribution in [1.29, 1.82) is 0 Å². The highest BCUT2D eigenvalue weighted by atomic mass is 79.9. The zero-order valence-corrected chi connectivity index (χ0v) is 26.8. The van der Waals surface area contributed by atoms with Crippen LogP contribution in [-0.2, 0) is 17.0 Å². The highest BCUT2D eigenvalue weighted by Gasteiger charge is 2.29. The maximum Gasteiger partial charge on any atom is 0.229 e. The molecule has 10 nitrogen and oxygen atoms in total. The lowest BCUT2D eigenvalue weighted by Crippen LogP contribution is -2.17. The third kappa shape index (κ3) is 5.73. The van der Waals surface area contributed by atoms with E-state index in [0.29, 0.717) is 49.1 Å². The first-order valence-electron chi connectivity index (χ1n) is 13.0.